The van der Waals surface area contributed by atoms with Crippen molar-refractivity contribution in [2.45, 2.75) is 25.4 Å². The summed E-state index contributed by atoms with van der Waals surface area (Å²) < 4.78 is 0. The smallest absolute Gasteiger partial charge is 0.323 e. The van der Waals surface area contributed by atoms with E-state index in [2.05, 4.69) is 9.97 Å². The minimum Gasteiger partial charge on any atom is -0.390 e. The molecular weight excluding hydrogens is 210 g/mol. The van der Waals surface area contributed by atoms with E-state index in [0.29, 0.717) is 25.9 Å². The number of carbonyl (C=O) groups excluding carboxylic acids is 1. The molecule has 2 heterocycles. The van der Waals surface area contributed by atoms with Crippen LogP contribution in [0, 0.1) is 0 Å². The van der Waals surface area contributed by atoms with E-state index in [9.17, 15) is 14.7 Å². The predicted octanol–water partition coefficient (Wildman–Crippen LogP) is -0.310. The Labute approximate surface area is 92.3 Å². The summed E-state index contributed by atoms with van der Waals surface area (Å²) in [7, 11) is 0. The molecule has 1 saturated heterocycles. The summed E-state index contributed by atoms with van der Waals surface area (Å²) in [6.07, 6.45) is 2.50. The van der Waals surface area contributed by atoms with E-state index in [-0.39, 0.29) is 17.3 Å². The van der Waals surface area contributed by atoms with Crippen molar-refractivity contribution in [1.29, 1.82) is 0 Å². The number of nitrogens with one attached hydrogen (secondary N) is 2. The van der Waals surface area contributed by atoms with Gasteiger partial charge in [-0.3, -0.25) is 4.79 Å². The molecule has 1 amide bonds. The van der Waals surface area contributed by atoms with Crippen molar-refractivity contribution in [2.24, 2.45) is 0 Å². The quantitative estimate of drug-likeness (QED) is 0.612. The number of aromatic amines is 2. The Morgan fingerprint density at radius 3 is 2.62 bits per heavy atom. The maximum atomic E-state index is 11.9. The number of H-pyrrole nitrogens is 2. The zero-order valence-corrected chi connectivity index (χ0v) is 9.12. The second-order valence-electron chi connectivity index (χ2n) is 4.45. The number of likely N-dealkylation sites (tertiary alicyclic amines) is 1. The van der Waals surface area contributed by atoms with Gasteiger partial charge in [0.25, 0.3) is 5.91 Å². The van der Waals surface area contributed by atoms with Crippen LogP contribution in [0.2, 0.25) is 0 Å². The van der Waals surface area contributed by atoms with Crippen molar-refractivity contribution in [2.75, 3.05) is 13.1 Å². The van der Waals surface area contributed by atoms with Crippen LogP contribution in [0.25, 0.3) is 0 Å². The van der Waals surface area contributed by atoms with Gasteiger partial charge in [0.05, 0.1) is 5.60 Å². The molecule has 0 atom stereocenters. The molecule has 6 heteroatoms. The molecule has 0 saturated carbocycles. The van der Waals surface area contributed by atoms with Gasteiger partial charge in [0.15, 0.2) is 0 Å². The van der Waals surface area contributed by atoms with Crippen molar-refractivity contribution in [1.82, 2.24) is 14.9 Å². The lowest BCUT2D eigenvalue weighted by atomic mass is 9.94. The monoisotopic (exact) mass is 225 g/mol. The lowest BCUT2D eigenvalue weighted by Crippen LogP contribution is -2.45. The Balaban J connectivity index is 2.05. The maximum Gasteiger partial charge on any atom is 0.323 e. The van der Waals surface area contributed by atoms with Gasteiger partial charge in [-0.2, -0.15) is 0 Å². The first kappa shape index (κ1) is 10.9. The van der Waals surface area contributed by atoms with Crippen molar-refractivity contribution >= 4 is 5.91 Å². The molecule has 1 fully saturated rings. The average Bonchev–Trinajstić information content (AvgIpc) is 2.64. The van der Waals surface area contributed by atoms with Crippen LogP contribution < -0.4 is 5.69 Å². The lowest BCUT2D eigenvalue weighted by molar-refractivity contribution is -0.00218. The van der Waals surface area contributed by atoms with Crippen LogP contribution in [0.3, 0.4) is 0 Å². The third-order valence-corrected chi connectivity index (χ3v) is 2.95. The summed E-state index contributed by atoms with van der Waals surface area (Å²) in [6.45, 7) is 2.80. The zero-order valence-electron chi connectivity index (χ0n) is 9.12. The fourth-order valence-corrected chi connectivity index (χ4v) is 1.81. The Morgan fingerprint density at radius 2 is 2.12 bits per heavy atom. The number of piperidine rings is 1. The summed E-state index contributed by atoms with van der Waals surface area (Å²) in [5.41, 5.74) is -0.790. The highest BCUT2D eigenvalue weighted by atomic mass is 16.3. The number of aromatic nitrogens is 2. The summed E-state index contributed by atoms with van der Waals surface area (Å²) in [5.74, 6) is -0.200. The van der Waals surface area contributed by atoms with E-state index in [1.54, 1.807) is 11.8 Å². The SMILES string of the molecule is CC1(O)CCN(C(=O)c2c[nH]c(=O)[nH]2)CC1. The number of rotatable bonds is 1. The van der Waals surface area contributed by atoms with Crippen LogP contribution >= 0.6 is 0 Å². The van der Waals surface area contributed by atoms with E-state index in [0.717, 1.165) is 0 Å². The highest BCUT2D eigenvalue weighted by Gasteiger charge is 2.30. The van der Waals surface area contributed by atoms with E-state index in [1.165, 1.54) is 6.20 Å². The molecule has 2 rings (SSSR count). The van der Waals surface area contributed by atoms with Gasteiger partial charge in [-0.25, -0.2) is 4.79 Å². The van der Waals surface area contributed by atoms with Crippen molar-refractivity contribution in [3.05, 3.63) is 22.4 Å². The molecule has 1 aliphatic heterocycles. The number of imidazole rings is 1. The highest BCUT2D eigenvalue weighted by molar-refractivity contribution is 5.92. The molecule has 1 aliphatic rings. The molecule has 0 radical (unpaired) electrons. The largest absolute Gasteiger partial charge is 0.390 e. The molecule has 6 nitrogen and oxygen atoms in total. The van der Waals surface area contributed by atoms with Gasteiger partial charge in [-0.15, -0.1) is 0 Å². The first-order chi connectivity index (χ1) is 7.48. The standard InChI is InChI=1S/C10H15N3O3/c1-10(16)2-4-13(5-3-10)8(14)7-6-11-9(15)12-7/h6,16H,2-5H2,1H3,(H2,11,12,15). The summed E-state index contributed by atoms with van der Waals surface area (Å²) >= 11 is 0. The van der Waals surface area contributed by atoms with E-state index >= 15 is 0 Å². The summed E-state index contributed by atoms with van der Waals surface area (Å²) in [4.78, 5) is 29.2. The van der Waals surface area contributed by atoms with Crippen molar-refractivity contribution in [3.8, 4) is 0 Å². The number of aliphatic hydroxyl groups is 1. The Bertz CT molecular complexity index is 436. The number of hydrogen-bond donors (Lipinski definition) is 3. The van der Waals surface area contributed by atoms with Crippen molar-refractivity contribution < 1.29 is 9.90 Å². The Hall–Kier alpha value is -1.56. The Kier molecular flexibility index (Phi) is 2.59. The van der Waals surface area contributed by atoms with Gasteiger partial charge in [0.2, 0.25) is 0 Å². The van der Waals surface area contributed by atoms with Gasteiger partial charge in [-0.05, 0) is 19.8 Å². The average molecular weight is 225 g/mol. The molecule has 0 spiro atoms. The second kappa shape index (κ2) is 3.79. The number of amides is 1. The molecule has 3 N–H and O–H groups in total. The normalized spacial score (nSPS) is 19.8. The third-order valence-electron chi connectivity index (χ3n) is 2.95. The third kappa shape index (κ3) is 2.16. The van der Waals surface area contributed by atoms with Gasteiger partial charge < -0.3 is 20.0 Å². The first-order valence-electron chi connectivity index (χ1n) is 5.27. The zero-order chi connectivity index (χ0) is 11.8. The van der Waals surface area contributed by atoms with Crippen molar-refractivity contribution in [3.63, 3.8) is 0 Å². The predicted molar refractivity (Wildman–Crippen MR) is 57.2 cm³/mol. The number of hydrogen-bond acceptors (Lipinski definition) is 3. The van der Waals surface area contributed by atoms with Crippen LogP contribution in [0.5, 0.6) is 0 Å². The molecule has 16 heavy (non-hydrogen) atoms. The van der Waals surface area contributed by atoms with Crippen LogP contribution in [-0.2, 0) is 0 Å². The van der Waals surface area contributed by atoms with Gasteiger partial charge in [-0.1, -0.05) is 0 Å². The lowest BCUT2D eigenvalue weighted by Gasteiger charge is -2.35. The molecule has 1 aromatic heterocycles. The van der Waals surface area contributed by atoms with Gasteiger partial charge in [0.1, 0.15) is 5.69 Å². The van der Waals surface area contributed by atoms with Gasteiger partial charge >= 0.3 is 5.69 Å². The van der Waals surface area contributed by atoms with Gasteiger partial charge in [0, 0.05) is 19.3 Å². The molecular formula is C10H15N3O3. The maximum absolute atomic E-state index is 11.9. The summed E-state index contributed by atoms with van der Waals surface area (Å²) in [6, 6.07) is 0. The first-order valence-corrected chi connectivity index (χ1v) is 5.27. The molecule has 0 bridgehead atoms. The highest BCUT2D eigenvalue weighted by Crippen LogP contribution is 2.21. The summed E-state index contributed by atoms with van der Waals surface area (Å²) in [5, 5.41) is 9.75. The van der Waals surface area contributed by atoms with Crippen LogP contribution in [0.1, 0.15) is 30.3 Å². The van der Waals surface area contributed by atoms with E-state index in [4.69, 9.17) is 0 Å². The number of nitrogens with zero attached hydrogens (tertiary/aromatic N) is 1. The van der Waals surface area contributed by atoms with E-state index < -0.39 is 5.60 Å². The minimum absolute atomic E-state index is 0.200. The van der Waals surface area contributed by atoms with Crippen LogP contribution in [0.4, 0.5) is 0 Å². The molecule has 0 unspecified atom stereocenters. The molecule has 0 aliphatic carbocycles. The molecule has 88 valence electrons. The molecule has 1 aromatic rings. The molecule has 0 aromatic carbocycles. The topological polar surface area (TPSA) is 89.2 Å². The van der Waals surface area contributed by atoms with Crippen LogP contribution in [0.15, 0.2) is 11.0 Å². The van der Waals surface area contributed by atoms with Crippen LogP contribution in [-0.4, -0.2) is 44.6 Å². The number of carbonyl (C=O) groups is 1. The minimum atomic E-state index is -0.678. The second-order valence-corrected chi connectivity index (χ2v) is 4.45. The fourth-order valence-electron chi connectivity index (χ4n) is 1.81. The van der Waals surface area contributed by atoms with E-state index in [1.807, 2.05) is 0 Å². The fraction of sp³-hybridized carbons (Fsp3) is 0.600. The Morgan fingerprint density at radius 1 is 1.50 bits per heavy atom.